The van der Waals surface area contributed by atoms with E-state index in [2.05, 4.69) is 0 Å². The number of rotatable bonds is 18. The molecule has 0 aromatic heterocycles. The largest absolute Gasteiger partial charge is 0.319 e. The average molecular weight is 533 g/mol. The molecule has 0 saturated carbocycles. The summed E-state index contributed by atoms with van der Waals surface area (Å²) in [5.41, 5.74) is 0. The topological polar surface area (TPSA) is 12.0 Å². The van der Waals surface area contributed by atoms with Crippen molar-refractivity contribution in [1.82, 2.24) is 3.43 Å². The van der Waals surface area contributed by atoms with Gasteiger partial charge in [-0.05, 0) is 0 Å². The Bertz CT molecular complexity index is 586. The lowest BCUT2D eigenvalue weighted by molar-refractivity contribution is 1.79. The Kier molecular flexibility index (Phi) is 20.0. The molecule has 121 valence electrons. The van der Waals surface area contributed by atoms with Gasteiger partial charge < -0.3 is 3.43 Å². The zero-order chi connectivity index (χ0) is 31.1. The fourth-order valence-corrected chi connectivity index (χ4v) is 6.53. The molecule has 0 aromatic rings. The zero-order valence-electron chi connectivity index (χ0n) is 22.6. The van der Waals surface area contributed by atoms with Crippen LogP contribution in [0.15, 0.2) is 0 Å². The minimum Gasteiger partial charge on any atom is -0.319 e. The third kappa shape index (κ3) is 11.2. The number of nitrogens with one attached hydrogen (secondary N) is 1. The molecular weight excluding hydrogens is 530 g/mol. The maximum atomic E-state index is 8.89. The highest BCUT2D eigenvalue weighted by Crippen LogP contribution is 2.16. The van der Waals surface area contributed by atoms with E-state index in [0.717, 1.165) is 3.43 Å². The van der Waals surface area contributed by atoms with Gasteiger partial charge in [-0.25, -0.2) is 0 Å². The first-order valence-electron chi connectivity index (χ1n) is 12.5. The van der Waals surface area contributed by atoms with Crippen LogP contribution in [0, 0.1) is 0 Å². The molecule has 0 rings (SSSR count). The summed E-state index contributed by atoms with van der Waals surface area (Å²) >= 11 is 1.71. The molecular formula is HB36IN. The van der Waals surface area contributed by atoms with Gasteiger partial charge in [-0.15, -0.1) is 0 Å². The predicted octanol–water partition coefficient (Wildman–Crippen LogP) is -13.3. The molecule has 0 aliphatic rings. The third-order valence-electron chi connectivity index (χ3n) is 7.35. The van der Waals surface area contributed by atoms with Crippen LogP contribution in [-0.4, -0.2) is 255 Å². The second-order valence-electron chi connectivity index (χ2n) is 10.0. The Morgan fingerprint density at radius 2 is 0.632 bits per heavy atom. The summed E-state index contributed by atoms with van der Waals surface area (Å²) in [6.45, 7) is -1.11. The Morgan fingerprint density at radius 3 is 0.816 bits per heavy atom. The van der Waals surface area contributed by atoms with Crippen molar-refractivity contribution in [3.05, 3.63) is 0 Å². The van der Waals surface area contributed by atoms with Crippen molar-refractivity contribution in [2.45, 2.75) is 0 Å². The van der Waals surface area contributed by atoms with Gasteiger partial charge in [0, 0.05) is 271 Å². The van der Waals surface area contributed by atoms with Crippen molar-refractivity contribution < 1.29 is 1.41 Å². The van der Waals surface area contributed by atoms with Crippen LogP contribution in [0.3, 0.4) is 0 Å². The van der Waals surface area contributed by atoms with Crippen LogP contribution < -0.4 is 3.43 Å². The lowest BCUT2D eigenvalue weighted by atomic mass is 8.33. The summed E-state index contributed by atoms with van der Waals surface area (Å²) in [6, 6.07) is 0. The molecule has 0 aromatic carbocycles. The fraction of sp³-hybridized carbons (Fsp3) is 0. The maximum Gasteiger partial charge on any atom is 0.129 e. The van der Waals surface area contributed by atoms with Crippen molar-refractivity contribution in [1.29, 1.82) is 0 Å². The highest BCUT2D eigenvalue weighted by molar-refractivity contribution is 14.1. The summed E-state index contributed by atoms with van der Waals surface area (Å²) in [4.78, 5) is 0. The van der Waals surface area contributed by atoms with Gasteiger partial charge >= 0.3 is 0 Å². The fourth-order valence-electron chi connectivity index (χ4n) is 5.79. The van der Waals surface area contributed by atoms with E-state index in [4.69, 9.17) is 141 Å². The van der Waals surface area contributed by atoms with Crippen LogP contribution in [0.25, 0.3) is 0 Å². The second kappa shape index (κ2) is 19.4. The molecule has 1 N–H and O–H groups in total. The number of halogens is 1. The molecule has 0 aliphatic heterocycles. The normalized spacial score (nSPS) is 10.1. The highest BCUT2D eigenvalue weighted by Gasteiger charge is 2.55. The molecule has 0 fully saturated rings. The molecule has 0 unspecified atom stereocenters. The zero-order valence-corrected chi connectivity index (χ0v) is 23.8. The SMILES string of the molecule is [3H]N(I)B(B(B(B([B])[B])B([B])[B])B(B([B])[B])B([B])[B])B(B(B([B])[B])B([B])[B])B(B([B])[B][B])B(B([B])[B])B([B])[B]. The van der Waals surface area contributed by atoms with Gasteiger partial charge in [0.25, 0.3) is 0 Å². The molecule has 1 nitrogen and oxygen atoms in total. The lowest BCUT2D eigenvalue weighted by Gasteiger charge is -2.50. The van der Waals surface area contributed by atoms with Gasteiger partial charge in [-0.2, -0.15) is 0 Å². The van der Waals surface area contributed by atoms with Gasteiger partial charge in [-0.3, -0.25) is 0 Å². The van der Waals surface area contributed by atoms with Gasteiger partial charge in [0.2, 0.25) is 0 Å². The molecule has 0 bridgehead atoms. The van der Waals surface area contributed by atoms with E-state index in [1.165, 1.54) is 7.06 Å². The smallest absolute Gasteiger partial charge is 0.129 e. The molecule has 38 heteroatoms. The van der Waals surface area contributed by atoms with Gasteiger partial charge in [0.05, 0.1) is 0 Å². The first-order valence-corrected chi connectivity index (χ1v) is 13.1. The summed E-state index contributed by atoms with van der Waals surface area (Å²) in [5.74, 6) is 0. The summed E-state index contributed by atoms with van der Waals surface area (Å²) in [7, 11) is 112. The van der Waals surface area contributed by atoms with Gasteiger partial charge in [0.1, 0.15) is 8.04 Å². The van der Waals surface area contributed by atoms with Crippen molar-refractivity contribution in [3.8, 4) is 0 Å². The average Bonchev–Trinajstić information content (AvgIpc) is 2.73. The molecule has 0 aliphatic carbocycles. The standard InChI is InChI=1S/B36HIN/c1-19-28(18)33(29(20(2)3)21(4)5)35(32(26(14)15)27(16)17)36(38-37)34(30(22(6)7)23(8)9)31(24(10)11)25(12)13/h38H/i/hT. The second-order valence-corrected chi connectivity index (χ2v) is 10.6. The first kappa shape index (κ1) is 39.1. The predicted molar refractivity (Wildman–Crippen MR) is 224 cm³/mol. The van der Waals surface area contributed by atoms with E-state index < -0.39 is 109 Å². The van der Waals surface area contributed by atoms with E-state index in [9.17, 15) is 0 Å². The minimum absolute atomic E-state index is 0.947. The van der Waals surface area contributed by atoms with E-state index in [0.29, 0.717) is 0 Å². The summed E-state index contributed by atoms with van der Waals surface area (Å²) < 4.78 is 9.92. The molecule has 37 radical (unpaired) electrons. The van der Waals surface area contributed by atoms with Crippen LogP contribution >= 0.6 is 22.9 Å². The van der Waals surface area contributed by atoms with E-state index >= 15 is 0 Å². The quantitative estimate of drug-likeness (QED) is 0.105. The van der Waals surface area contributed by atoms with Crippen LogP contribution in [0.1, 0.15) is 0 Å². The van der Waals surface area contributed by atoms with Crippen LogP contribution in [0.4, 0.5) is 0 Å². The lowest BCUT2D eigenvalue weighted by Crippen LogP contribution is -2.90. The number of hydrogen-bond acceptors (Lipinski definition) is 1. The monoisotopic (exact) mass is 540 g/mol. The first-order chi connectivity index (χ1) is 17.8. The number of hydrogen-bond donors (Lipinski definition) is 1. The molecule has 0 amide bonds. The van der Waals surface area contributed by atoms with Gasteiger partial charge in [0.15, 0.2) is 0 Å². The maximum absolute atomic E-state index is 8.89. The Balaban J connectivity index is 8.00. The van der Waals surface area contributed by atoms with E-state index in [1.807, 2.05) is 0 Å². The van der Waals surface area contributed by atoms with E-state index in [-0.39, 0.29) is 0 Å². The molecule has 0 spiro atoms. The van der Waals surface area contributed by atoms with Gasteiger partial charge in [-0.1, -0.05) is 0 Å². The Labute approximate surface area is 280 Å². The van der Waals surface area contributed by atoms with Crippen molar-refractivity contribution in [3.63, 3.8) is 0 Å². The van der Waals surface area contributed by atoms with Crippen molar-refractivity contribution >= 4 is 278 Å². The van der Waals surface area contributed by atoms with Crippen LogP contribution in [0.5, 0.6) is 0 Å². The molecule has 0 saturated heterocycles. The minimum atomic E-state index is -1.18. The summed E-state index contributed by atoms with van der Waals surface area (Å²) in [5, 5.41) is 0. The van der Waals surface area contributed by atoms with Crippen molar-refractivity contribution in [2.24, 2.45) is 0 Å². The molecule has 0 heterocycles. The molecule has 38 heavy (non-hydrogen) atoms. The summed E-state index contributed by atoms with van der Waals surface area (Å²) in [6.07, 6.45) is -17.2. The van der Waals surface area contributed by atoms with Crippen molar-refractivity contribution in [2.75, 3.05) is 0 Å². The Hall–Kier alpha value is 3.03. The molecule has 0 atom stereocenters. The van der Waals surface area contributed by atoms with E-state index in [1.54, 1.807) is 22.9 Å². The third-order valence-corrected chi connectivity index (χ3v) is 7.99. The highest BCUT2D eigenvalue weighted by atomic mass is 127. The van der Waals surface area contributed by atoms with Crippen LogP contribution in [0.2, 0.25) is 1.41 Å². The Morgan fingerprint density at radius 1 is 0.421 bits per heavy atom. The van der Waals surface area contributed by atoms with Crippen LogP contribution in [-0.2, 0) is 0 Å².